The van der Waals surface area contributed by atoms with Crippen molar-refractivity contribution in [1.82, 2.24) is 0 Å². The Morgan fingerprint density at radius 2 is 1.74 bits per heavy atom. The molecule has 27 heavy (non-hydrogen) atoms. The van der Waals surface area contributed by atoms with Crippen LogP contribution in [0.5, 0.6) is 0 Å². The third-order valence-corrected chi connectivity index (χ3v) is 8.53. The number of fused-ring (bicyclic) bond motifs is 5. The molecule has 4 aliphatic carbocycles. The number of hydrogen-bond acceptors (Lipinski definition) is 5. The van der Waals surface area contributed by atoms with Gasteiger partial charge >= 0.3 is 29.6 Å². The first kappa shape index (κ1) is 23.6. The average molecular weight is 407 g/mol. The van der Waals surface area contributed by atoms with E-state index in [9.17, 15) is 17.8 Å². The van der Waals surface area contributed by atoms with Gasteiger partial charge in [-0.15, -0.1) is 0 Å². The van der Waals surface area contributed by atoms with E-state index in [1.807, 2.05) is 0 Å². The Morgan fingerprint density at radius 3 is 2.41 bits per heavy atom. The van der Waals surface area contributed by atoms with Crippen LogP contribution in [0, 0.1) is 28.6 Å². The van der Waals surface area contributed by atoms with Crippen LogP contribution >= 0.6 is 0 Å². The zero-order valence-corrected chi connectivity index (χ0v) is 18.8. The molecule has 0 amide bonds. The van der Waals surface area contributed by atoms with Crippen molar-refractivity contribution in [3.63, 3.8) is 0 Å². The van der Waals surface area contributed by atoms with Crippen LogP contribution in [0.4, 0.5) is 0 Å². The standard InChI is InChI=1S/C19H28O5S.CH4.Na/c1-18-9-7-13(24-25(21,22)23)11-12(18)3-4-14-15-5-6-17(20)19(15,2)10-8-16(14)18;;/h3,13-16H,4-11H2,1-2H3,(H,21,22,23);1H4;/q;;+1/p-1. The van der Waals surface area contributed by atoms with Gasteiger partial charge in [0.1, 0.15) is 5.78 Å². The van der Waals surface area contributed by atoms with Gasteiger partial charge in [0, 0.05) is 11.8 Å². The van der Waals surface area contributed by atoms with Gasteiger partial charge in [-0.25, -0.2) is 8.42 Å². The predicted octanol–water partition coefficient (Wildman–Crippen LogP) is 1.00. The summed E-state index contributed by atoms with van der Waals surface area (Å²) in [5.41, 5.74) is 1.20. The van der Waals surface area contributed by atoms with E-state index in [1.54, 1.807) is 0 Å². The summed E-state index contributed by atoms with van der Waals surface area (Å²) in [6.45, 7) is 4.48. The average Bonchev–Trinajstić information content (AvgIpc) is 2.82. The number of carbonyl (C=O) groups is 1. The summed E-state index contributed by atoms with van der Waals surface area (Å²) in [6, 6.07) is 0. The van der Waals surface area contributed by atoms with Crippen molar-refractivity contribution in [2.45, 2.75) is 78.7 Å². The molecule has 6 unspecified atom stereocenters. The number of carbonyl (C=O) groups excluding carboxylic acids is 1. The summed E-state index contributed by atoms with van der Waals surface area (Å²) in [5, 5.41) is 0. The van der Waals surface area contributed by atoms with Gasteiger partial charge in [0.2, 0.25) is 10.4 Å². The van der Waals surface area contributed by atoms with Crippen LogP contribution < -0.4 is 29.6 Å². The largest absolute Gasteiger partial charge is 1.00 e. The molecule has 0 heterocycles. The molecule has 3 fully saturated rings. The maximum Gasteiger partial charge on any atom is 1.00 e. The van der Waals surface area contributed by atoms with Crippen molar-refractivity contribution >= 4 is 16.2 Å². The van der Waals surface area contributed by atoms with Crippen LogP contribution in [0.3, 0.4) is 0 Å². The molecule has 0 spiro atoms. The van der Waals surface area contributed by atoms with E-state index in [0.29, 0.717) is 36.4 Å². The molecule has 4 aliphatic rings. The molecule has 4 rings (SSSR count). The van der Waals surface area contributed by atoms with E-state index >= 15 is 0 Å². The Balaban J connectivity index is 0.00000131. The molecule has 0 aromatic carbocycles. The molecule has 7 heteroatoms. The Morgan fingerprint density at radius 1 is 1.11 bits per heavy atom. The quantitative estimate of drug-likeness (QED) is 0.296. The molecular weight excluding hydrogens is 375 g/mol. The molecule has 0 aromatic rings. The van der Waals surface area contributed by atoms with Gasteiger partial charge in [-0.1, -0.05) is 32.9 Å². The van der Waals surface area contributed by atoms with Crippen molar-refractivity contribution in [3.05, 3.63) is 11.6 Å². The Hall–Kier alpha value is 0.280. The van der Waals surface area contributed by atoms with E-state index in [0.717, 1.165) is 38.5 Å². The van der Waals surface area contributed by atoms with Crippen molar-refractivity contribution < 1.29 is 51.5 Å². The van der Waals surface area contributed by atoms with Gasteiger partial charge in [0.25, 0.3) is 0 Å². The van der Waals surface area contributed by atoms with Crippen molar-refractivity contribution in [2.75, 3.05) is 0 Å². The van der Waals surface area contributed by atoms with Gasteiger partial charge in [0.15, 0.2) is 0 Å². The summed E-state index contributed by atoms with van der Waals surface area (Å²) in [5.74, 6) is 2.05. The number of Topliss-reactive ketones (excluding diaryl/α,β-unsaturated/α-hetero) is 1. The minimum absolute atomic E-state index is 0. The molecule has 0 N–H and O–H groups in total. The van der Waals surface area contributed by atoms with Crippen molar-refractivity contribution in [3.8, 4) is 0 Å². The van der Waals surface area contributed by atoms with E-state index < -0.39 is 16.5 Å². The second kappa shape index (κ2) is 7.84. The first-order chi connectivity index (χ1) is 11.6. The fraction of sp³-hybridized carbons (Fsp3) is 0.850. The van der Waals surface area contributed by atoms with Gasteiger partial charge in [-0.2, -0.15) is 0 Å². The third-order valence-electron chi connectivity index (χ3n) is 8.02. The number of ketones is 1. The Bertz CT molecular complexity index is 733. The van der Waals surface area contributed by atoms with E-state index in [2.05, 4.69) is 19.9 Å². The Kier molecular flexibility index (Phi) is 6.84. The second-order valence-electron chi connectivity index (χ2n) is 9.05. The number of rotatable bonds is 2. The fourth-order valence-corrected chi connectivity index (χ4v) is 7.14. The molecule has 148 valence electrons. The molecule has 0 bridgehead atoms. The number of hydrogen-bond donors (Lipinski definition) is 0. The molecule has 0 radical (unpaired) electrons. The predicted molar refractivity (Wildman–Crippen MR) is 98.0 cm³/mol. The van der Waals surface area contributed by atoms with Crippen LogP contribution in [0.25, 0.3) is 0 Å². The summed E-state index contributed by atoms with van der Waals surface area (Å²) < 4.78 is 37.5. The van der Waals surface area contributed by atoms with Crippen molar-refractivity contribution in [1.29, 1.82) is 0 Å². The van der Waals surface area contributed by atoms with Crippen LogP contribution in [0.2, 0.25) is 0 Å². The SMILES string of the molecule is C.CC12CCC3C(CC=C4CC(OS(=O)(=O)[O-])CCC43C)C1CCC2=O.[Na+]. The van der Waals surface area contributed by atoms with E-state index in [1.165, 1.54) is 5.57 Å². The fourth-order valence-electron chi connectivity index (χ4n) is 6.65. The van der Waals surface area contributed by atoms with Crippen LogP contribution in [-0.4, -0.2) is 24.9 Å². The first-order valence-electron chi connectivity index (χ1n) is 9.50. The topological polar surface area (TPSA) is 83.5 Å². The number of allylic oxidation sites excluding steroid dienone is 1. The van der Waals surface area contributed by atoms with Gasteiger partial charge in [0.05, 0.1) is 6.10 Å². The van der Waals surface area contributed by atoms with Gasteiger partial charge in [-0.3, -0.25) is 8.98 Å². The monoisotopic (exact) mass is 406 g/mol. The summed E-state index contributed by atoms with van der Waals surface area (Å²) >= 11 is 0. The molecule has 0 aliphatic heterocycles. The van der Waals surface area contributed by atoms with Gasteiger partial charge in [-0.05, 0) is 68.1 Å². The third kappa shape index (κ3) is 3.87. The van der Waals surface area contributed by atoms with E-state index in [-0.39, 0.29) is 47.8 Å². The minimum atomic E-state index is -4.65. The van der Waals surface area contributed by atoms with Crippen LogP contribution in [0.1, 0.15) is 72.6 Å². The molecule has 0 aromatic heterocycles. The molecule has 0 saturated heterocycles. The summed E-state index contributed by atoms with van der Waals surface area (Å²) in [6.07, 6.45) is 8.55. The first-order valence-corrected chi connectivity index (χ1v) is 10.8. The minimum Gasteiger partial charge on any atom is -0.726 e. The summed E-state index contributed by atoms with van der Waals surface area (Å²) in [4.78, 5) is 12.4. The molecular formula is C20H31NaO5S. The second-order valence-corrected chi connectivity index (χ2v) is 10.1. The summed E-state index contributed by atoms with van der Waals surface area (Å²) in [7, 11) is -4.65. The zero-order chi connectivity index (χ0) is 18.0. The Labute approximate surface area is 185 Å². The maximum absolute atomic E-state index is 12.4. The van der Waals surface area contributed by atoms with E-state index in [4.69, 9.17) is 4.18 Å². The van der Waals surface area contributed by atoms with Crippen LogP contribution in [-0.2, 0) is 19.4 Å². The maximum atomic E-state index is 12.4. The molecule has 3 saturated carbocycles. The molecule has 6 atom stereocenters. The molecule has 5 nitrogen and oxygen atoms in total. The van der Waals surface area contributed by atoms with Crippen LogP contribution in [0.15, 0.2) is 11.6 Å². The smallest absolute Gasteiger partial charge is 0.726 e. The van der Waals surface area contributed by atoms with Gasteiger partial charge < -0.3 is 4.55 Å². The zero-order valence-electron chi connectivity index (χ0n) is 16.0. The van der Waals surface area contributed by atoms with Crippen molar-refractivity contribution in [2.24, 2.45) is 28.6 Å². The normalized spacial score (nSPS) is 43.4.